The summed E-state index contributed by atoms with van der Waals surface area (Å²) >= 11 is 0. The van der Waals surface area contributed by atoms with Crippen molar-refractivity contribution in [2.75, 3.05) is 6.54 Å². The Morgan fingerprint density at radius 2 is 1.92 bits per heavy atom. The number of fused-ring (bicyclic) bond motifs is 2. The van der Waals surface area contributed by atoms with E-state index in [0.29, 0.717) is 0 Å². The van der Waals surface area contributed by atoms with Crippen molar-refractivity contribution >= 4 is 17.0 Å². The summed E-state index contributed by atoms with van der Waals surface area (Å²) in [5, 5.41) is 18.9. The number of carbonyl (C=O) groups is 1. The van der Waals surface area contributed by atoms with Crippen LogP contribution < -0.4 is 4.74 Å². The van der Waals surface area contributed by atoms with Crippen molar-refractivity contribution in [2.45, 2.75) is 72.7 Å². The lowest BCUT2D eigenvalue weighted by Crippen LogP contribution is -2.32. The molecule has 0 fully saturated rings. The number of ether oxygens (including phenoxy) is 1. The van der Waals surface area contributed by atoms with Crippen molar-refractivity contribution in [1.29, 1.82) is 0 Å². The van der Waals surface area contributed by atoms with E-state index >= 15 is 0 Å². The molecule has 3 aromatic carbocycles. The van der Waals surface area contributed by atoms with Crippen LogP contribution in [0.25, 0.3) is 11.0 Å². The number of aryl methyl sites for hydroxylation is 3. The van der Waals surface area contributed by atoms with E-state index in [2.05, 4.69) is 71.5 Å². The van der Waals surface area contributed by atoms with Crippen LogP contribution in [-0.4, -0.2) is 43.6 Å². The van der Waals surface area contributed by atoms with Crippen molar-refractivity contribution in [3.63, 3.8) is 0 Å². The van der Waals surface area contributed by atoms with E-state index in [1.165, 1.54) is 16.7 Å². The topological polar surface area (TPSA) is 80.5 Å². The molecule has 39 heavy (non-hydrogen) atoms. The van der Waals surface area contributed by atoms with Crippen LogP contribution in [0.15, 0.2) is 54.6 Å². The Bertz CT molecular complexity index is 1490. The molecule has 3 atom stereocenters. The summed E-state index contributed by atoms with van der Waals surface area (Å²) in [6, 6.07) is 18.8. The molecule has 0 radical (unpaired) electrons. The number of aromatic nitrogens is 3. The maximum absolute atomic E-state index is 12.4. The molecule has 7 heteroatoms. The van der Waals surface area contributed by atoms with Crippen LogP contribution in [-0.2, 0) is 24.4 Å². The standard InChI is InChI=1S/C32H38N4O3/c1-6-26-19-35(17-24-10-8-9-11-29(24)39-26)18-25-16-23(13-12-20(25)3)30(22(5)32(37)38)27-14-15-28-31(21(27)4)33-34-36(28)7-2/h8-16,22,26,30H,6-7,17-19H2,1-5H3,(H,37,38)/t22-,26-,30-/m1/s1. The Morgan fingerprint density at radius 3 is 2.67 bits per heavy atom. The van der Waals surface area contributed by atoms with Gasteiger partial charge in [-0.1, -0.05) is 61.5 Å². The summed E-state index contributed by atoms with van der Waals surface area (Å²) in [4.78, 5) is 14.8. The Morgan fingerprint density at radius 1 is 1.13 bits per heavy atom. The van der Waals surface area contributed by atoms with E-state index < -0.39 is 11.9 Å². The predicted octanol–water partition coefficient (Wildman–Crippen LogP) is 6.09. The van der Waals surface area contributed by atoms with Crippen molar-refractivity contribution in [2.24, 2.45) is 5.92 Å². The lowest BCUT2D eigenvalue weighted by atomic mass is 9.79. The molecule has 7 nitrogen and oxygen atoms in total. The Kier molecular flexibility index (Phi) is 7.71. The molecular formula is C32H38N4O3. The first-order valence-electron chi connectivity index (χ1n) is 13.9. The second-order valence-electron chi connectivity index (χ2n) is 10.8. The van der Waals surface area contributed by atoms with Gasteiger partial charge in [-0.2, -0.15) is 0 Å². The maximum atomic E-state index is 12.4. The minimum atomic E-state index is -0.814. The van der Waals surface area contributed by atoms with E-state index in [-0.39, 0.29) is 12.0 Å². The van der Waals surface area contributed by atoms with Crippen molar-refractivity contribution in [3.8, 4) is 5.75 Å². The summed E-state index contributed by atoms with van der Waals surface area (Å²) in [6.45, 7) is 13.3. The van der Waals surface area contributed by atoms with Gasteiger partial charge in [0.25, 0.3) is 0 Å². The van der Waals surface area contributed by atoms with Crippen molar-refractivity contribution in [3.05, 3.63) is 88.0 Å². The third-order valence-corrected chi connectivity index (χ3v) is 8.21. The van der Waals surface area contributed by atoms with Gasteiger partial charge >= 0.3 is 5.97 Å². The summed E-state index contributed by atoms with van der Waals surface area (Å²) in [5.41, 5.74) is 8.39. The van der Waals surface area contributed by atoms with Gasteiger partial charge in [-0.25, -0.2) is 4.68 Å². The molecule has 1 aliphatic rings. The molecular weight excluding hydrogens is 488 g/mol. The molecule has 1 N–H and O–H groups in total. The van der Waals surface area contributed by atoms with Gasteiger partial charge in [0.05, 0.1) is 11.4 Å². The largest absolute Gasteiger partial charge is 0.489 e. The van der Waals surface area contributed by atoms with Crippen LogP contribution >= 0.6 is 0 Å². The number of nitrogens with zero attached hydrogens (tertiary/aromatic N) is 4. The smallest absolute Gasteiger partial charge is 0.307 e. The first-order chi connectivity index (χ1) is 18.8. The molecule has 0 saturated heterocycles. The third-order valence-electron chi connectivity index (χ3n) is 8.21. The van der Waals surface area contributed by atoms with Crippen molar-refractivity contribution in [1.82, 2.24) is 19.9 Å². The minimum Gasteiger partial charge on any atom is -0.489 e. The van der Waals surface area contributed by atoms with Crippen LogP contribution in [0.4, 0.5) is 0 Å². The molecule has 0 saturated carbocycles. The molecule has 0 spiro atoms. The van der Waals surface area contributed by atoms with Crippen LogP contribution in [0, 0.1) is 19.8 Å². The highest BCUT2D eigenvalue weighted by atomic mass is 16.5. The van der Waals surface area contributed by atoms with Gasteiger partial charge < -0.3 is 9.84 Å². The molecule has 2 heterocycles. The number of para-hydroxylation sites is 1. The van der Waals surface area contributed by atoms with E-state index in [4.69, 9.17) is 4.74 Å². The third kappa shape index (κ3) is 5.28. The zero-order chi connectivity index (χ0) is 27.7. The van der Waals surface area contributed by atoms with Gasteiger partial charge in [-0.05, 0) is 67.1 Å². The van der Waals surface area contributed by atoms with Gasteiger partial charge in [0.2, 0.25) is 0 Å². The molecule has 204 valence electrons. The molecule has 0 amide bonds. The second kappa shape index (κ2) is 11.2. The molecule has 5 rings (SSSR count). The zero-order valence-electron chi connectivity index (χ0n) is 23.5. The first-order valence-corrected chi connectivity index (χ1v) is 13.9. The van der Waals surface area contributed by atoms with Gasteiger partial charge in [-0.15, -0.1) is 5.10 Å². The normalized spacial score (nSPS) is 17.3. The minimum absolute atomic E-state index is 0.128. The van der Waals surface area contributed by atoms with Crippen LogP contribution in [0.2, 0.25) is 0 Å². The van der Waals surface area contributed by atoms with Gasteiger partial charge in [0.15, 0.2) is 0 Å². The summed E-state index contributed by atoms with van der Waals surface area (Å²) < 4.78 is 8.19. The Labute approximate surface area is 230 Å². The molecule has 0 aliphatic carbocycles. The zero-order valence-corrected chi connectivity index (χ0v) is 23.5. The molecule has 1 aromatic heterocycles. The summed E-state index contributed by atoms with van der Waals surface area (Å²) in [5.74, 6) is -0.764. The maximum Gasteiger partial charge on any atom is 0.307 e. The number of rotatable bonds is 8. The van der Waals surface area contributed by atoms with Crippen LogP contribution in [0.3, 0.4) is 0 Å². The predicted molar refractivity (Wildman–Crippen MR) is 153 cm³/mol. The van der Waals surface area contributed by atoms with Crippen molar-refractivity contribution < 1.29 is 14.6 Å². The number of benzene rings is 3. The van der Waals surface area contributed by atoms with Gasteiger partial charge in [-0.3, -0.25) is 9.69 Å². The molecule has 0 unspecified atom stereocenters. The Balaban J connectivity index is 1.53. The lowest BCUT2D eigenvalue weighted by Gasteiger charge is -2.27. The van der Waals surface area contributed by atoms with E-state index in [1.807, 2.05) is 30.7 Å². The first kappa shape index (κ1) is 26.9. The fourth-order valence-electron chi connectivity index (χ4n) is 5.82. The van der Waals surface area contributed by atoms with Crippen LogP contribution in [0.5, 0.6) is 5.75 Å². The molecule has 0 bridgehead atoms. The average molecular weight is 527 g/mol. The van der Waals surface area contributed by atoms with Gasteiger partial charge in [0, 0.05) is 37.7 Å². The highest BCUT2D eigenvalue weighted by Gasteiger charge is 2.30. The van der Waals surface area contributed by atoms with E-state index in [9.17, 15) is 9.90 Å². The summed E-state index contributed by atoms with van der Waals surface area (Å²) in [6.07, 6.45) is 1.06. The number of carboxylic acid groups (broad SMARTS) is 1. The number of carboxylic acids is 1. The highest BCUT2D eigenvalue weighted by Crippen LogP contribution is 2.37. The quantitative estimate of drug-likeness (QED) is 0.299. The highest BCUT2D eigenvalue weighted by molar-refractivity contribution is 5.81. The number of hydrogen-bond donors (Lipinski definition) is 1. The monoisotopic (exact) mass is 526 g/mol. The average Bonchev–Trinajstić information content (AvgIpc) is 3.27. The summed E-state index contributed by atoms with van der Waals surface area (Å²) in [7, 11) is 0. The fourth-order valence-corrected chi connectivity index (χ4v) is 5.82. The van der Waals surface area contributed by atoms with E-state index in [0.717, 1.165) is 66.1 Å². The second-order valence-corrected chi connectivity index (χ2v) is 10.8. The van der Waals surface area contributed by atoms with E-state index in [1.54, 1.807) is 6.92 Å². The lowest BCUT2D eigenvalue weighted by molar-refractivity contribution is -0.141. The Hall–Kier alpha value is -3.71. The molecule has 4 aromatic rings. The number of hydrogen-bond acceptors (Lipinski definition) is 5. The van der Waals surface area contributed by atoms with Crippen LogP contribution in [0.1, 0.15) is 66.5 Å². The fraction of sp³-hybridized carbons (Fsp3) is 0.406. The van der Waals surface area contributed by atoms with Gasteiger partial charge in [0.1, 0.15) is 17.4 Å². The molecule has 1 aliphatic heterocycles. The SMILES string of the molecule is CC[C@@H]1CN(Cc2cc([C@H](c3ccc4c(nnn4CC)c3C)[C@@H](C)C(=O)O)ccc2C)Cc2ccccc2O1. The number of aliphatic carboxylic acids is 1.